The van der Waals surface area contributed by atoms with Crippen LogP contribution in [0.15, 0.2) is 54.9 Å². The van der Waals surface area contributed by atoms with Crippen molar-refractivity contribution < 1.29 is 14.3 Å². The largest absolute Gasteiger partial charge is 0.493 e. The predicted octanol–water partition coefficient (Wildman–Crippen LogP) is 2.92. The van der Waals surface area contributed by atoms with Crippen molar-refractivity contribution in [3.05, 3.63) is 88.0 Å². The zero-order valence-electron chi connectivity index (χ0n) is 16.0. The molecule has 8 heteroatoms. The summed E-state index contributed by atoms with van der Waals surface area (Å²) in [5, 5.41) is 6.18. The maximum Gasteiger partial charge on any atom is 0.270 e. The Hall–Kier alpha value is -3.45. The fraction of sp³-hybridized carbons (Fsp3) is 0.182. The third-order valence-corrected chi connectivity index (χ3v) is 4.92. The summed E-state index contributed by atoms with van der Waals surface area (Å²) < 4.78 is 5.49. The molecule has 0 saturated carbocycles. The Bertz CT molecular complexity index is 1100. The maximum atomic E-state index is 12.5. The van der Waals surface area contributed by atoms with Crippen LogP contribution < -0.4 is 15.4 Å². The molecule has 0 saturated heterocycles. The van der Waals surface area contributed by atoms with E-state index in [1.165, 1.54) is 12.4 Å². The molecule has 1 aromatic heterocycles. The summed E-state index contributed by atoms with van der Waals surface area (Å²) in [7, 11) is 0. The number of hydrogen-bond donors (Lipinski definition) is 2. The average molecular weight is 423 g/mol. The highest BCUT2D eigenvalue weighted by molar-refractivity contribution is 6.30. The van der Waals surface area contributed by atoms with E-state index in [2.05, 4.69) is 20.6 Å². The molecule has 2 amide bonds. The van der Waals surface area contributed by atoms with Gasteiger partial charge in [-0.2, -0.15) is 0 Å². The number of aromatic nitrogens is 2. The molecule has 0 radical (unpaired) electrons. The van der Waals surface area contributed by atoms with Crippen LogP contribution in [-0.4, -0.2) is 28.4 Å². The number of hydrogen-bond acceptors (Lipinski definition) is 5. The van der Waals surface area contributed by atoms with Crippen LogP contribution in [0, 0.1) is 0 Å². The Labute approximate surface area is 178 Å². The van der Waals surface area contributed by atoms with Crippen LogP contribution in [0.1, 0.15) is 37.7 Å². The van der Waals surface area contributed by atoms with Crippen LogP contribution in [0.4, 0.5) is 0 Å². The van der Waals surface area contributed by atoms with Crippen LogP contribution in [0.5, 0.6) is 5.75 Å². The number of nitrogens with one attached hydrogen (secondary N) is 2. The number of ether oxygens (including phenoxy) is 1. The van der Waals surface area contributed by atoms with E-state index in [0.29, 0.717) is 24.7 Å². The summed E-state index contributed by atoms with van der Waals surface area (Å²) >= 11 is 5.95. The summed E-state index contributed by atoms with van der Waals surface area (Å²) in [6, 6.07) is 14.4. The molecule has 0 unspecified atom stereocenters. The summed E-state index contributed by atoms with van der Waals surface area (Å²) in [5.74, 6) is 0.123. The molecular formula is C22H19ClN4O3. The molecule has 0 bridgehead atoms. The molecule has 30 heavy (non-hydrogen) atoms. The maximum absolute atomic E-state index is 12.5. The molecule has 3 aromatic rings. The average Bonchev–Trinajstić information content (AvgIpc) is 3.24. The van der Waals surface area contributed by atoms with Crippen LogP contribution in [-0.2, 0) is 19.5 Å². The quantitative estimate of drug-likeness (QED) is 0.637. The smallest absolute Gasteiger partial charge is 0.270 e. The zero-order valence-corrected chi connectivity index (χ0v) is 16.8. The molecule has 1 aliphatic heterocycles. The van der Waals surface area contributed by atoms with Gasteiger partial charge in [0.15, 0.2) is 0 Å². The summed E-state index contributed by atoms with van der Waals surface area (Å²) in [6.07, 6.45) is 2.08. The molecule has 7 nitrogen and oxygen atoms in total. The fourth-order valence-corrected chi connectivity index (χ4v) is 3.36. The highest BCUT2D eigenvalue weighted by Crippen LogP contribution is 2.25. The van der Waals surface area contributed by atoms with E-state index in [4.69, 9.17) is 16.3 Å². The van der Waals surface area contributed by atoms with Gasteiger partial charge < -0.3 is 15.4 Å². The molecule has 0 fully saturated rings. The standard InChI is InChI=1S/C22H19ClN4O3/c23-17-3-1-2-14(9-17)11-24-21(28)18-10-19(27-13-26-18)22(29)25-12-15-4-5-20-16(8-15)6-7-30-20/h1-5,8-10,13H,6-7,11-12H2,(H,24,28)(H,25,29). The van der Waals surface area contributed by atoms with Gasteiger partial charge in [0.05, 0.1) is 6.61 Å². The van der Waals surface area contributed by atoms with Gasteiger partial charge in [-0.15, -0.1) is 0 Å². The fourth-order valence-electron chi connectivity index (χ4n) is 3.15. The van der Waals surface area contributed by atoms with Crippen molar-refractivity contribution in [1.29, 1.82) is 0 Å². The van der Waals surface area contributed by atoms with Gasteiger partial charge in [-0.3, -0.25) is 9.59 Å². The predicted molar refractivity (Wildman–Crippen MR) is 111 cm³/mol. The van der Waals surface area contributed by atoms with Gasteiger partial charge in [0.25, 0.3) is 11.8 Å². The Morgan fingerprint density at radius 1 is 0.933 bits per heavy atom. The molecule has 0 aliphatic carbocycles. The SMILES string of the molecule is O=C(NCc1cccc(Cl)c1)c1cc(C(=O)NCc2ccc3c(c2)CCO3)ncn1. The number of amides is 2. The Morgan fingerprint density at radius 3 is 2.33 bits per heavy atom. The second-order valence-corrected chi connectivity index (χ2v) is 7.26. The van der Waals surface area contributed by atoms with Crippen LogP contribution in [0.3, 0.4) is 0 Å². The molecule has 2 heterocycles. The minimum atomic E-state index is -0.398. The van der Waals surface area contributed by atoms with E-state index in [0.717, 1.165) is 28.9 Å². The highest BCUT2D eigenvalue weighted by atomic mass is 35.5. The van der Waals surface area contributed by atoms with E-state index in [1.54, 1.807) is 12.1 Å². The minimum absolute atomic E-state index is 0.117. The first-order valence-corrected chi connectivity index (χ1v) is 9.84. The Morgan fingerprint density at radius 2 is 1.63 bits per heavy atom. The minimum Gasteiger partial charge on any atom is -0.493 e. The highest BCUT2D eigenvalue weighted by Gasteiger charge is 2.15. The summed E-state index contributed by atoms with van der Waals surface area (Å²) in [4.78, 5) is 32.8. The number of carbonyl (C=O) groups is 2. The molecule has 2 aromatic carbocycles. The van der Waals surface area contributed by atoms with Gasteiger partial charge in [-0.1, -0.05) is 35.9 Å². The van der Waals surface area contributed by atoms with Crippen LogP contribution in [0.2, 0.25) is 5.02 Å². The molecule has 152 valence electrons. The van der Waals surface area contributed by atoms with E-state index < -0.39 is 5.91 Å². The first-order valence-electron chi connectivity index (χ1n) is 9.46. The van der Waals surface area contributed by atoms with Crippen molar-refractivity contribution in [2.75, 3.05) is 6.61 Å². The number of benzene rings is 2. The van der Waals surface area contributed by atoms with Gasteiger partial charge in [0, 0.05) is 30.6 Å². The van der Waals surface area contributed by atoms with Crippen molar-refractivity contribution in [3.8, 4) is 5.75 Å². The van der Waals surface area contributed by atoms with E-state index in [-0.39, 0.29) is 17.3 Å². The van der Waals surface area contributed by atoms with Crippen LogP contribution >= 0.6 is 11.6 Å². The molecule has 2 N–H and O–H groups in total. The second kappa shape index (κ2) is 8.92. The van der Waals surface area contributed by atoms with E-state index >= 15 is 0 Å². The summed E-state index contributed by atoms with van der Waals surface area (Å²) in [6.45, 7) is 1.34. The molecule has 0 spiro atoms. The summed E-state index contributed by atoms with van der Waals surface area (Å²) in [5.41, 5.74) is 3.22. The van der Waals surface area contributed by atoms with Gasteiger partial charge in [0.1, 0.15) is 23.5 Å². The molecule has 4 rings (SSSR count). The normalized spacial score (nSPS) is 12.0. The van der Waals surface area contributed by atoms with E-state index in [1.807, 2.05) is 30.3 Å². The van der Waals surface area contributed by atoms with Crippen molar-refractivity contribution >= 4 is 23.4 Å². The van der Waals surface area contributed by atoms with E-state index in [9.17, 15) is 9.59 Å². The number of nitrogens with zero attached hydrogens (tertiary/aromatic N) is 2. The zero-order chi connectivity index (χ0) is 20.9. The first kappa shape index (κ1) is 19.8. The number of fused-ring (bicyclic) bond motifs is 1. The number of halogens is 1. The number of carbonyl (C=O) groups excluding carboxylic acids is 2. The second-order valence-electron chi connectivity index (χ2n) is 6.82. The Balaban J connectivity index is 1.36. The lowest BCUT2D eigenvalue weighted by Crippen LogP contribution is -2.27. The van der Waals surface area contributed by atoms with Crippen molar-refractivity contribution in [2.45, 2.75) is 19.5 Å². The van der Waals surface area contributed by atoms with Crippen molar-refractivity contribution in [3.63, 3.8) is 0 Å². The van der Waals surface area contributed by atoms with Gasteiger partial charge in [-0.05, 0) is 34.9 Å². The number of rotatable bonds is 6. The molecule has 1 aliphatic rings. The lowest BCUT2D eigenvalue weighted by molar-refractivity contribution is 0.0944. The third kappa shape index (κ3) is 4.75. The topological polar surface area (TPSA) is 93.2 Å². The lowest BCUT2D eigenvalue weighted by atomic mass is 10.1. The molecule has 0 atom stereocenters. The van der Waals surface area contributed by atoms with Crippen molar-refractivity contribution in [2.24, 2.45) is 0 Å². The monoisotopic (exact) mass is 422 g/mol. The molecular weight excluding hydrogens is 404 g/mol. The third-order valence-electron chi connectivity index (χ3n) is 4.68. The van der Waals surface area contributed by atoms with Gasteiger partial charge in [0.2, 0.25) is 0 Å². The van der Waals surface area contributed by atoms with Crippen LogP contribution in [0.25, 0.3) is 0 Å². The van der Waals surface area contributed by atoms with Gasteiger partial charge >= 0.3 is 0 Å². The lowest BCUT2D eigenvalue weighted by Gasteiger charge is -2.08. The van der Waals surface area contributed by atoms with Gasteiger partial charge in [-0.25, -0.2) is 9.97 Å². The Kier molecular flexibility index (Phi) is 5.90. The van der Waals surface area contributed by atoms with Crippen molar-refractivity contribution in [1.82, 2.24) is 20.6 Å². The first-order chi connectivity index (χ1) is 14.6.